The molecule has 1 aromatic rings. The number of rotatable bonds is 3. The van der Waals surface area contributed by atoms with Gasteiger partial charge in [0.05, 0.1) is 7.11 Å². The van der Waals surface area contributed by atoms with E-state index < -0.39 is 0 Å². The monoisotopic (exact) mass is 198 g/mol. The van der Waals surface area contributed by atoms with Crippen LogP contribution in [0.1, 0.15) is 5.56 Å². The van der Waals surface area contributed by atoms with Gasteiger partial charge >= 0.3 is 0 Å². The van der Waals surface area contributed by atoms with Crippen molar-refractivity contribution in [1.29, 1.82) is 0 Å². The fourth-order valence-electron chi connectivity index (χ4n) is 1.02. The van der Waals surface area contributed by atoms with Crippen LogP contribution in [0.25, 0.3) is 0 Å². The van der Waals surface area contributed by atoms with Gasteiger partial charge in [0.2, 0.25) is 0 Å². The summed E-state index contributed by atoms with van der Waals surface area (Å²) < 4.78 is 4.95. The highest BCUT2D eigenvalue weighted by Crippen LogP contribution is 2.26. The molecule has 0 bridgehead atoms. The number of methoxy groups -OCH3 is 1. The molecular formula is C10H14O2S. The van der Waals surface area contributed by atoms with Crippen molar-refractivity contribution in [1.82, 2.24) is 0 Å². The molecule has 1 rings (SSSR count). The molecule has 0 unspecified atom stereocenters. The summed E-state index contributed by atoms with van der Waals surface area (Å²) in [5, 5.41) is 9.25. The van der Waals surface area contributed by atoms with Crippen molar-refractivity contribution >= 4 is 13.5 Å². The molecule has 0 spiro atoms. The molecule has 0 heterocycles. The van der Waals surface area contributed by atoms with Gasteiger partial charge in [-0.3, -0.25) is 0 Å². The van der Waals surface area contributed by atoms with Gasteiger partial charge in [-0.2, -0.15) is 13.5 Å². The molecule has 0 atom stereocenters. The summed E-state index contributed by atoms with van der Waals surface area (Å²) >= 11 is 0. The Hall–Kier alpha value is -1.09. The van der Waals surface area contributed by atoms with E-state index in [0.717, 1.165) is 12.0 Å². The first-order chi connectivity index (χ1) is 5.77. The Labute approximate surface area is 85.3 Å². The van der Waals surface area contributed by atoms with Crippen molar-refractivity contribution in [2.45, 2.75) is 6.42 Å². The second kappa shape index (κ2) is 5.54. The van der Waals surface area contributed by atoms with Crippen LogP contribution in [0.4, 0.5) is 0 Å². The third-order valence-electron chi connectivity index (χ3n) is 1.62. The maximum atomic E-state index is 9.25. The Morgan fingerprint density at radius 2 is 2.23 bits per heavy atom. The second-order valence-corrected chi connectivity index (χ2v) is 2.50. The van der Waals surface area contributed by atoms with Crippen LogP contribution in [-0.2, 0) is 6.42 Å². The lowest BCUT2D eigenvalue weighted by atomic mass is 10.1. The summed E-state index contributed by atoms with van der Waals surface area (Å²) in [5.41, 5.74) is 1.08. The van der Waals surface area contributed by atoms with Gasteiger partial charge in [-0.15, -0.1) is 6.58 Å². The molecule has 0 aliphatic heterocycles. The molecule has 0 amide bonds. The van der Waals surface area contributed by atoms with Crippen LogP contribution in [0, 0.1) is 0 Å². The molecule has 0 aromatic heterocycles. The number of allylic oxidation sites excluding steroid dienone is 1. The van der Waals surface area contributed by atoms with E-state index >= 15 is 0 Å². The quantitative estimate of drug-likeness (QED) is 0.755. The number of benzene rings is 1. The molecule has 0 saturated heterocycles. The average molecular weight is 198 g/mol. The van der Waals surface area contributed by atoms with Crippen molar-refractivity contribution < 1.29 is 9.84 Å². The molecular weight excluding hydrogens is 184 g/mol. The van der Waals surface area contributed by atoms with Gasteiger partial charge in [0, 0.05) is 0 Å². The molecule has 2 nitrogen and oxygen atoms in total. The minimum absolute atomic E-state index is 0. The summed E-state index contributed by atoms with van der Waals surface area (Å²) in [4.78, 5) is 0. The first-order valence-electron chi connectivity index (χ1n) is 3.74. The minimum atomic E-state index is 0. The van der Waals surface area contributed by atoms with Gasteiger partial charge in [-0.25, -0.2) is 0 Å². The Kier molecular flexibility index (Phi) is 5.07. The fourth-order valence-corrected chi connectivity index (χ4v) is 1.02. The number of hydrogen-bond donors (Lipinski definition) is 1. The van der Waals surface area contributed by atoms with Crippen molar-refractivity contribution in [3.05, 3.63) is 36.4 Å². The standard InChI is InChI=1S/C10H12O2.H2S/c1-3-4-8-5-6-9(11)10(7-8)12-2;/h3,5-7,11H,1,4H2,2H3;1H2. The van der Waals surface area contributed by atoms with Gasteiger partial charge < -0.3 is 9.84 Å². The van der Waals surface area contributed by atoms with Gasteiger partial charge in [-0.05, 0) is 24.1 Å². The van der Waals surface area contributed by atoms with E-state index in [9.17, 15) is 5.11 Å². The van der Waals surface area contributed by atoms with E-state index in [1.54, 1.807) is 12.1 Å². The Morgan fingerprint density at radius 3 is 2.77 bits per heavy atom. The summed E-state index contributed by atoms with van der Waals surface area (Å²) in [7, 11) is 1.53. The van der Waals surface area contributed by atoms with Crippen LogP contribution in [0.5, 0.6) is 11.5 Å². The molecule has 0 radical (unpaired) electrons. The van der Waals surface area contributed by atoms with Gasteiger partial charge in [0.25, 0.3) is 0 Å². The Bertz CT molecular complexity index is 284. The average Bonchev–Trinajstić information content (AvgIpc) is 2.09. The predicted molar refractivity (Wildman–Crippen MR) is 58.9 cm³/mol. The number of hydrogen-bond acceptors (Lipinski definition) is 2. The smallest absolute Gasteiger partial charge is 0.160 e. The number of aromatic hydroxyl groups is 1. The van der Waals surface area contributed by atoms with Crippen LogP contribution < -0.4 is 4.74 Å². The van der Waals surface area contributed by atoms with Crippen molar-refractivity contribution in [3.8, 4) is 11.5 Å². The van der Waals surface area contributed by atoms with Crippen LogP contribution >= 0.6 is 13.5 Å². The zero-order valence-electron chi connectivity index (χ0n) is 7.58. The lowest BCUT2D eigenvalue weighted by Crippen LogP contribution is -1.86. The molecule has 72 valence electrons. The highest BCUT2D eigenvalue weighted by atomic mass is 32.1. The lowest BCUT2D eigenvalue weighted by Gasteiger charge is -2.04. The largest absolute Gasteiger partial charge is 0.504 e. The van der Waals surface area contributed by atoms with E-state index in [1.807, 2.05) is 12.1 Å². The molecule has 0 aliphatic carbocycles. The number of ether oxygens (including phenoxy) is 1. The van der Waals surface area contributed by atoms with E-state index in [-0.39, 0.29) is 19.2 Å². The van der Waals surface area contributed by atoms with Crippen LogP contribution in [0.15, 0.2) is 30.9 Å². The molecule has 0 fully saturated rings. The summed E-state index contributed by atoms with van der Waals surface area (Å²) in [6, 6.07) is 5.27. The highest BCUT2D eigenvalue weighted by molar-refractivity contribution is 7.59. The normalized spacial score (nSPS) is 8.69. The summed E-state index contributed by atoms with van der Waals surface area (Å²) in [6.07, 6.45) is 2.60. The van der Waals surface area contributed by atoms with Crippen LogP contribution in [0.2, 0.25) is 0 Å². The molecule has 1 N–H and O–H groups in total. The lowest BCUT2D eigenvalue weighted by molar-refractivity contribution is 0.373. The number of phenols is 1. The summed E-state index contributed by atoms with van der Waals surface area (Å²) in [5.74, 6) is 0.680. The number of phenolic OH excluding ortho intramolecular Hbond substituents is 1. The summed E-state index contributed by atoms with van der Waals surface area (Å²) in [6.45, 7) is 3.63. The third kappa shape index (κ3) is 3.03. The maximum absolute atomic E-state index is 9.25. The maximum Gasteiger partial charge on any atom is 0.160 e. The third-order valence-corrected chi connectivity index (χ3v) is 1.62. The second-order valence-electron chi connectivity index (χ2n) is 2.50. The Balaban J connectivity index is 0.00000144. The van der Waals surface area contributed by atoms with E-state index in [0.29, 0.717) is 5.75 Å². The topological polar surface area (TPSA) is 29.5 Å². The zero-order chi connectivity index (χ0) is 8.97. The van der Waals surface area contributed by atoms with Crippen LogP contribution in [0.3, 0.4) is 0 Å². The van der Waals surface area contributed by atoms with Gasteiger partial charge in [-0.1, -0.05) is 12.1 Å². The Morgan fingerprint density at radius 1 is 1.54 bits per heavy atom. The van der Waals surface area contributed by atoms with Gasteiger partial charge in [0.15, 0.2) is 11.5 Å². The first-order valence-corrected chi connectivity index (χ1v) is 3.74. The SMILES string of the molecule is C=CCc1ccc(O)c(OC)c1.S. The zero-order valence-corrected chi connectivity index (χ0v) is 8.58. The first kappa shape index (κ1) is 11.9. The van der Waals surface area contributed by atoms with Crippen molar-refractivity contribution in [3.63, 3.8) is 0 Å². The predicted octanol–water partition coefficient (Wildman–Crippen LogP) is 2.24. The van der Waals surface area contributed by atoms with Crippen molar-refractivity contribution in [2.75, 3.05) is 7.11 Å². The van der Waals surface area contributed by atoms with Crippen LogP contribution in [-0.4, -0.2) is 12.2 Å². The minimum Gasteiger partial charge on any atom is -0.504 e. The molecule has 0 aliphatic rings. The molecule has 13 heavy (non-hydrogen) atoms. The fraction of sp³-hybridized carbons (Fsp3) is 0.200. The molecule has 0 saturated carbocycles. The van der Waals surface area contributed by atoms with E-state index in [2.05, 4.69) is 6.58 Å². The van der Waals surface area contributed by atoms with E-state index in [1.165, 1.54) is 7.11 Å². The molecule has 3 heteroatoms. The van der Waals surface area contributed by atoms with E-state index in [4.69, 9.17) is 4.74 Å². The molecule has 1 aromatic carbocycles. The van der Waals surface area contributed by atoms with Gasteiger partial charge in [0.1, 0.15) is 0 Å². The van der Waals surface area contributed by atoms with Crippen molar-refractivity contribution in [2.24, 2.45) is 0 Å². The highest BCUT2D eigenvalue weighted by Gasteiger charge is 2.00.